The van der Waals surface area contributed by atoms with E-state index in [0.29, 0.717) is 19.0 Å². The van der Waals surface area contributed by atoms with Crippen LogP contribution in [-0.2, 0) is 9.59 Å². The predicted molar refractivity (Wildman–Crippen MR) is 101 cm³/mol. The first-order valence-corrected chi connectivity index (χ1v) is 8.98. The number of carbonyl (C=O) groups is 2. The van der Waals surface area contributed by atoms with Gasteiger partial charge in [-0.05, 0) is 31.6 Å². The molecule has 0 bridgehead atoms. The van der Waals surface area contributed by atoms with E-state index in [2.05, 4.69) is 5.32 Å². The molecule has 0 spiro atoms. The minimum absolute atomic E-state index is 0. The van der Waals surface area contributed by atoms with Gasteiger partial charge in [-0.2, -0.15) is 0 Å². The van der Waals surface area contributed by atoms with E-state index in [-0.39, 0.29) is 29.6 Å². The molecule has 1 heterocycles. The van der Waals surface area contributed by atoms with E-state index < -0.39 is 5.41 Å². The molecule has 1 saturated heterocycles. The number of nitrogens with one attached hydrogen (secondary N) is 1. The third kappa shape index (κ3) is 5.62. The van der Waals surface area contributed by atoms with Gasteiger partial charge in [0, 0.05) is 31.6 Å². The molecule has 0 aliphatic carbocycles. The Bertz CT molecular complexity index is 409. The van der Waals surface area contributed by atoms with E-state index in [0.717, 1.165) is 38.8 Å². The number of hydrogen-bond donors (Lipinski definition) is 2. The number of nitrogens with two attached hydrogens (primary N) is 1. The van der Waals surface area contributed by atoms with Crippen LogP contribution >= 0.6 is 12.4 Å². The maximum absolute atomic E-state index is 12.9. The first kappa shape index (κ1) is 23.2. The highest BCUT2D eigenvalue weighted by atomic mass is 35.5. The first-order chi connectivity index (χ1) is 10.7. The number of amides is 2. The van der Waals surface area contributed by atoms with Crippen LogP contribution in [0, 0.1) is 16.7 Å². The number of carbonyl (C=O) groups excluding carboxylic acids is 2. The fourth-order valence-electron chi connectivity index (χ4n) is 3.18. The maximum Gasteiger partial charge on any atom is 0.230 e. The molecule has 24 heavy (non-hydrogen) atoms. The Morgan fingerprint density at radius 2 is 1.79 bits per heavy atom. The van der Waals surface area contributed by atoms with Gasteiger partial charge in [-0.25, -0.2) is 0 Å². The molecule has 6 heteroatoms. The summed E-state index contributed by atoms with van der Waals surface area (Å²) in [6, 6.07) is 0. The second-order valence-electron chi connectivity index (χ2n) is 7.91. The normalized spacial score (nSPS) is 18.8. The standard InChI is InChI=1S/C18H35N3O2.ClH/c1-6-18(7-2,13-19)16(23)21-10-8-9-14(12-21)11-20-15(22)17(3,4)5;/h14H,6-13,19H2,1-5H3,(H,20,22);1H. The van der Waals surface area contributed by atoms with Gasteiger partial charge in [0.05, 0.1) is 5.41 Å². The zero-order valence-corrected chi connectivity index (χ0v) is 16.8. The van der Waals surface area contributed by atoms with Gasteiger partial charge < -0.3 is 16.0 Å². The molecular weight excluding hydrogens is 326 g/mol. The quantitative estimate of drug-likeness (QED) is 0.763. The Hall–Kier alpha value is -0.810. The van der Waals surface area contributed by atoms with E-state index in [4.69, 9.17) is 5.73 Å². The first-order valence-electron chi connectivity index (χ1n) is 8.98. The van der Waals surface area contributed by atoms with Gasteiger partial charge in [0.25, 0.3) is 0 Å². The molecule has 142 valence electrons. The Morgan fingerprint density at radius 3 is 2.25 bits per heavy atom. The lowest BCUT2D eigenvalue weighted by molar-refractivity contribution is -0.144. The SMILES string of the molecule is CCC(CC)(CN)C(=O)N1CCCC(CNC(=O)C(C)(C)C)C1.Cl. The second-order valence-corrected chi connectivity index (χ2v) is 7.91. The van der Waals surface area contributed by atoms with Crippen LogP contribution in [-0.4, -0.2) is 42.9 Å². The van der Waals surface area contributed by atoms with Crippen LogP contribution in [0.1, 0.15) is 60.3 Å². The van der Waals surface area contributed by atoms with Gasteiger partial charge in [0.15, 0.2) is 0 Å². The van der Waals surface area contributed by atoms with Crippen molar-refractivity contribution in [2.45, 2.75) is 60.3 Å². The number of piperidine rings is 1. The van der Waals surface area contributed by atoms with Crippen molar-refractivity contribution >= 4 is 24.2 Å². The van der Waals surface area contributed by atoms with Crippen molar-refractivity contribution in [3.05, 3.63) is 0 Å². The lowest BCUT2D eigenvalue weighted by atomic mass is 9.80. The number of halogens is 1. The van der Waals surface area contributed by atoms with Gasteiger partial charge in [-0.3, -0.25) is 9.59 Å². The van der Waals surface area contributed by atoms with E-state index in [1.165, 1.54) is 0 Å². The largest absolute Gasteiger partial charge is 0.355 e. The van der Waals surface area contributed by atoms with Crippen molar-refractivity contribution in [2.75, 3.05) is 26.2 Å². The maximum atomic E-state index is 12.9. The van der Waals surface area contributed by atoms with Crippen LogP contribution in [0.15, 0.2) is 0 Å². The Kier molecular flexibility index (Phi) is 9.29. The summed E-state index contributed by atoms with van der Waals surface area (Å²) < 4.78 is 0. The third-order valence-electron chi connectivity index (χ3n) is 5.24. The molecule has 0 saturated carbocycles. The lowest BCUT2D eigenvalue weighted by Crippen LogP contribution is -2.52. The van der Waals surface area contributed by atoms with Crippen LogP contribution in [0.3, 0.4) is 0 Å². The Balaban J connectivity index is 0.00000529. The molecule has 2 amide bonds. The lowest BCUT2D eigenvalue weighted by Gasteiger charge is -2.39. The summed E-state index contributed by atoms with van der Waals surface area (Å²) in [5.41, 5.74) is 5.12. The van der Waals surface area contributed by atoms with Crippen molar-refractivity contribution in [3.63, 3.8) is 0 Å². The molecular formula is C18H36ClN3O2. The molecule has 0 radical (unpaired) electrons. The topological polar surface area (TPSA) is 75.4 Å². The third-order valence-corrected chi connectivity index (χ3v) is 5.24. The zero-order chi connectivity index (χ0) is 17.7. The summed E-state index contributed by atoms with van der Waals surface area (Å²) >= 11 is 0. The molecule has 0 aromatic heterocycles. The highest BCUT2D eigenvalue weighted by Crippen LogP contribution is 2.30. The molecule has 3 N–H and O–H groups in total. The van der Waals surface area contributed by atoms with Gasteiger partial charge in [-0.15, -0.1) is 12.4 Å². The fourth-order valence-corrected chi connectivity index (χ4v) is 3.18. The molecule has 1 aliphatic heterocycles. The van der Waals surface area contributed by atoms with E-state index in [1.54, 1.807) is 0 Å². The van der Waals surface area contributed by atoms with Gasteiger partial charge in [0.1, 0.15) is 0 Å². The van der Waals surface area contributed by atoms with Crippen molar-refractivity contribution < 1.29 is 9.59 Å². The average Bonchev–Trinajstić information content (AvgIpc) is 2.54. The monoisotopic (exact) mass is 361 g/mol. The van der Waals surface area contributed by atoms with Gasteiger partial charge >= 0.3 is 0 Å². The fraction of sp³-hybridized carbons (Fsp3) is 0.889. The molecule has 0 aromatic rings. The molecule has 1 atom stereocenters. The summed E-state index contributed by atoms with van der Waals surface area (Å²) in [6.45, 7) is 12.4. The van der Waals surface area contributed by atoms with Crippen LogP contribution in [0.2, 0.25) is 0 Å². The summed E-state index contributed by atoms with van der Waals surface area (Å²) in [5.74, 6) is 0.597. The molecule has 1 unspecified atom stereocenters. The Morgan fingerprint density at radius 1 is 1.21 bits per heavy atom. The zero-order valence-electron chi connectivity index (χ0n) is 16.0. The summed E-state index contributed by atoms with van der Waals surface area (Å²) in [6.07, 6.45) is 3.61. The molecule has 5 nitrogen and oxygen atoms in total. The van der Waals surface area contributed by atoms with Crippen LogP contribution in [0.25, 0.3) is 0 Å². The molecule has 0 aromatic carbocycles. The summed E-state index contributed by atoms with van der Waals surface area (Å²) in [7, 11) is 0. The second kappa shape index (κ2) is 9.62. The van der Waals surface area contributed by atoms with Crippen molar-refractivity contribution in [1.82, 2.24) is 10.2 Å². The van der Waals surface area contributed by atoms with Crippen molar-refractivity contribution in [3.8, 4) is 0 Å². The van der Waals surface area contributed by atoms with E-state index in [1.807, 2.05) is 39.5 Å². The van der Waals surface area contributed by atoms with E-state index >= 15 is 0 Å². The van der Waals surface area contributed by atoms with E-state index in [9.17, 15) is 9.59 Å². The molecule has 1 rings (SSSR count). The number of nitrogens with zero attached hydrogens (tertiary/aromatic N) is 1. The van der Waals surface area contributed by atoms with Crippen molar-refractivity contribution in [1.29, 1.82) is 0 Å². The highest BCUT2D eigenvalue weighted by molar-refractivity contribution is 5.85. The predicted octanol–water partition coefficient (Wildman–Crippen LogP) is 2.57. The highest BCUT2D eigenvalue weighted by Gasteiger charge is 2.38. The molecule has 1 aliphatic rings. The minimum atomic E-state index is -0.420. The summed E-state index contributed by atoms with van der Waals surface area (Å²) in [5, 5.41) is 3.03. The van der Waals surface area contributed by atoms with Crippen LogP contribution in [0.4, 0.5) is 0 Å². The number of hydrogen-bond acceptors (Lipinski definition) is 3. The number of likely N-dealkylation sites (tertiary alicyclic amines) is 1. The Labute approximate surface area is 153 Å². The minimum Gasteiger partial charge on any atom is -0.355 e. The van der Waals surface area contributed by atoms with Crippen LogP contribution in [0.5, 0.6) is 0 Å². The molecule has 1 fully saturated rings. The van der Waals surface area contributed by atoms with Gasteiger partial charge in [0.2, 0.25) is 11.8 Å². The number of rotatable bonds is 6. The summed E-state index contributed by atoms with van der Waals surface area (Å²) in [4.78, 5) is 26.9. The van der Waals surface area contributed by atoms with Gasteiger partial charge in [-0.1, -0.05) is 34.6 Å². The average molecular weight is 362 g/mol. The van der Waals surface area contributed by atoms with Crippen molar-refractivity contribution in [2.24, 2.45) is 22.5 Å². The van der Waals surface area contributed by atoms with Crippen LogP contribution < -0.4 is 11.1 Å². The smallest absolute Gasteiger partial charge is 0.230 e.